The second-order valence-corrected chi connectivity index (χ2v) is 8.54. The molecule has 0 radical (unpaired) electrons. The normalized spacial score (nSPS) is 22.5. The van der Waals surface area contributed by atoms with E-state index in [1.165, 1.54) is 31.4 Å². The Morgan fingerprint density at radius 3 is 2.27 bits per heavy atom. The van der Waals surface area contributed by atoms with E-state index in [1.54, 1.807) is 17.0 Å². The predicted molar refractivity (Wildman–Crippen MR) is 120 cm³/mol. The quantitative estimate of drug-likeness (QED) is 0.329. The zero-order valence-electron chi connectivity index (χ0n) is 18.3. The van der Waals surface area contributed by atoms with Crippen LogP contribution in [0.15, 0.2) is 48.8 Å². The molecule has 2 aliphatic rings. The summed E-state index contributed by atoms with van der Waals surface area (Å²) in [6.45, 7) is 11.0. The topological polar surface area (TPSA) is 60.8 Å². The van der Waals surface area contributed by atoms with Crippen LogP contribution in [0.2, 0.25) is 0 Å². The number of hydrogen-bond acceptors (Lipinski definition) is 3. The van der Waals surface area contributed by atoms with Crippen LogP contribution in [0.4, 0.5) is 10.1 Å². The number of aliphatic hydroxyl groups excluding tert-OH is 2. The van der Waals surface area contributed by atoms with Crippen LogP contribution >= 0.6 is 0 Å². The Bertz CT molecular complexity index is 724. The first-order valence-corrected chi connectivity index (χ1v) is 11.0. The third-order valence-electron chi connectivity index (χ3n) is 6.20. The van der Waals surface area contributed by atoms with Crippen molar-refractivity contribution in [3.8, 4) is 0 Å². The highest BCUT2D eigenvalue weighted by Gasteiger charge is 2.48. The van der Waals surface area contributed by atoms with Crippen LogP contribution in [0.3, 0.4) is 0 Å². The molecular formula is C25H36FNO3. The number of rotatable bonds is 7. The van der Waals surface area contributed by atoms with Crippen molar-refractivity contribution in [1.82, 2.24) is 0 Å². The van der Waals surface area contributed by atoms with E-state index >= 15 is 0 Å². The molecular weight excluding hydrogens is 381 g/mol. The van der Waals surface area contributed by atoms with E-state index in [-0.39, 0.29) is 35.5 Å². The fourth-order valence-electron chi connectivity index (χ4n) is 4.39. The summed E-state index contributed by atoms with van der Waals surface area (Å²) >= 11 is 0. The van der Waals surface area contributed by atoms with Crippen molar-refractivity contribution in [3.63, 3.8) is 0 Å². The predicted octanol–water partition coefficient (Wildman–Crippen LogP) is 5.92. The number of carbonyl (C=O) groups is 1. The molecule has 166 valence electrons. The molecule has 1 amide bonds. The number of hydrogen-bond donors (Lipinski definition) is 2. The van der Waals surface area contributed by atoms with Gasteiger partial charge in [0.05, 0.1) is 23.8 Å². The van der Waals surface area contributed by atoms with E-state index in [2.05, 4.69) is 13.2 Å². The van der Waals surface area contributed by atoms with Crippen LogP contribution in [-0.4, -0.2) is 28.3 Å². The number of aliphatic hydroxyl groups is 2. The van der Waals surface area contributed by atoms with Gasteiger partial charge in [-0.05, 0) is 62.8 Å². The third-order valence-corrected chi connectivity index (χ3v) is 6.20. The van der Waals surface area contributed by atoms with E-state index in [4.69, 9.17) is 5.11 Å². The van der Waals surface area contributed by atoms with Crippen molar-refractivity contribution < 1.29 is 19.4 Å². The minimum absolute atomic E-state index is 0.0513. The minimum Gasteiger partial charge on any atom is -0.513 e. The number of anilines is 1. The van der Waals surface area contributed by atoms with Gasteiger partial charge in [-0.15, -0.1) is 0 Å². The molecule has 0 aromatic heterocycles. The van der Waals surface area contributed by atoms with Crippen LogP contribution in [0, 0.1) is 17.7 Å². The zero-order valence-corrected chi connectivity index (χ0v) is 18.3. The number of allylic oxidation sites excluding steroid dienone is 1. The fourth-order valence-corrected chi connectivity index (χ4v) is 4.39. The molecule has 1 saturated carbocycles. The van der Waals surface area contributed by atoms with Gasteiger partial charge in [0, 0.05) is 12.1 Å². The van der Waals surface area contributed by atoms with Gasteiger partial charge >= 0.3 is 0 Å². The molecule has 0 spiro atoms. The van der Waals surface area contributed by atoms with Crippen molar-refractivity contribution in [1.29, 1.82) is 0 Å². The number of halogens is 1. The molecule has 2 N–H and O–H groups in total. The summed E-state index contributed by atoms with van der Waals surface area (Å²) in [5, 5.41) is 18.6. The molecule has 4 nitrogen and oxygen atoms in total. The molecule has 0 bridgehead atoms. The molecule has 5 heteroatoms. The van der Waals surface area contributed by atoms with E-state index in [1.807, 2.05) is 13.8 Å². The smallest absolute Gasteiger partial charge is 0.233 e. The summed E-state index contributed by atoms with van der Waals surface area (Å²) in [5.74, 6) is 0.261. The summed E-state index contributed by atoms with van der Waals surface area (Å²) in [6.07, 6.45) is 7.60. The van der Waals surface area contributed by atoms with E-state index in [0.717, 1.165) is 18.4 Å². The number of carbonyl (C=O) groups excluding carboxylic acids is 1. The second-order valence-electron chi connectivity index (χ2n) is 8.54. The Morgan fingerprint density at radius 1 is 1.20 bits per heavy atom. The lowest BCUT2D eigenvalue weighted by atomic mass is 9.77. The molecule has 1 aromatic carbocycles. The average Bonchev–Trinajstić information content (AvgIpc) is 2.73. The highest BCUT2D eigenvalue weighted by molar-refractivity contribution is 6.03. The summed E-state index contributed by atoms with van der Waals surface area (Å²) in [4.78, 5) is 14.4. The molecule has 2 fully saturated rings. The number of nitrogens with zero attached hydrogens (tertiary/aromatic N) is 1. The summed E-state index contributed by atoms with van der Waals surface area (Å²) in [7, 11) is 0. The Kier molecular flexibility index (Phi) is 9.09. The van der Waals surface area contributed by atoms with Crippen molar-refractivity contribution in [3.05, 3.63) is 54.6 Å². The Hall–Kier alpha value is -2.14. The molecule has 3 atom stereocenters. The lowest BCUT2D eigenvalue weighted by Crippen LogP contribution is -2.61. The zero-order chi connectivity index (χ0) is 22.3. The van der Waals surface area contributed by atoms with Crippen LogP contribution in [0.1, 0.15) is 65.2 Å². The lowest BCUT2D eigenvalue weighted by molar-refractivity contribution is -0.129. The monoisotopic (exact) mass is 417 g/mol. The Balaban J connectivity index is 0.000000575. The molecule has 3 rings (SSSR count). The van der Waals surface area contributed by atoms with Crippen LogP contribution < -0.4 is 4.90 Å². The first kappa shape index (κ1) is 24.1. The van der Waals surface area contributed by atoms with Crippen molar-refractivity contribution in [2.75, 3.05) is 4.90 Å². The first-order chi connectivity index (χ1) is 14.3. The van der Waals surface area contributed by atoms with Gasteiger partial charge in [-0.25, -0.2) is 4.39 Å². The summed E-state index contributed by atoms with van der Waals surface area (Å²) in [5.41, 5.74) is 1.64. The number of β-lactam (4-membered cyclic amide) rings is 1. The van der Waals surface area contributed by atoms with Crippen LogP contribution in [-0.2, 0) is 4.79 Å². The molecule has 30 heavy (non-hydrogen) atoms. The van der Waals surface area contributed by atoms with Gasteiger partial charge in [0.1, 0.15) is 5.82 Å². The van der Waals surface area contributed by atoms with Gasteiger partial charge in [0.15, 0.2) is 0 Å². The van der Waals surface area contributed by atoms with Gasteiger partial charge in [0.25, 0.3) is 0 Å². The highest BCUT2D eigenvalue weighted by Crippen LogP contribution is 2.39. The Morgan fingerprint density at radius 2 is 1.77 bits per heavy atom. The molecule has 1 saturated heterocycles. The maximum atomic E-state index is 13.1. The SMILES string of the molecule is C=C(C)[C@@H]1[C@@H](CC[C@H](O)C2CCCCC2)C(=O)N1c1ccc(F)cc1.C=C(O)CC. The van der Waals surface area contributed by atoms with Gasteiger partial charge in [-0.2, -0.15) is 0 Å². The van der Waals surface area contributed by atoms with Gasteiger partial charge in [-0.1, -0.05) is 44.9 Å². The van der Waals surface area contributed by atoms with Crippen molar-refractivity contribution >= 4 is 11.6 Å². The van der Waals surface area contributed by atoms with E-state index in [0.29, 0.717) is 30.9 Å². The van der Waals surface area contributed by atoms with Gasteiger partial charge < -0.3 is 15.1 Å². The first-order valence-electron chi connectivity index (χ1n) is 11.0. The summed E-state index contributed by atoms with van der Waals surface area (Å²) in [6, 6.07) is 5.96. The largest absolute Gasteiger partial charge is 0.513 e. The number of benzene rings is 1. The lowest BCUT2D eigenvalue weighted by Gasteiger charge is -2.48. The maximum Gasteiger partial charge on any atom is 0.233 e. The van der Waals surface area contributed by atoms with Crippen molar-refractivity contribution in [2.24, 2.45) is 11.8 Å². The molecule has 1 heterocycles. The second kappa shape index (κ2) is 11.3. The molecule has 1 aromatic rings. The Labute approximate surface area is 180 Å². The van der Waals surface area contributed by atoms with Crippen molar-refractivity contribution in [2.45, 2.75) is 77.4 Å². The van der Waals surface area contributed by atoms with E-state index < -0.39 is 0 Å². The summed E-state index contributed by atoms with van der Waals surface area (Å²) < 4.78 is 13.1. The molecule has 1 aliphatic carbocycles. The minimum atomic E-state index is -0.309. The van der Waals surface area contributed by atoms with E-state index in [9.17, 15) is 14.3 Å². The maximum absolute atomic E-state index is 13.1. The number of amides is 1. The van der Waals surface area contributed by atoms with Crippen LogP contribution in [0.25, 0.3) is 0 Å². The molecule has 0 unspecified atom stereocenters. The molecule has 1 aliphatic heterocycles. The van der Waals surface area contributed by atoms with Crippen LogP contribution in [0.5, 0.6) is 0 Å². The highest BCUT2D eigenvalue weighted by atomic mass is 19.1. The standard InChI is InChI=1S/C21H28FNO2.C4H8O/c1-14(2)20-18(12-13-19(24)15-6-4-3-5-7-15)21(25)23(20)17-10-8-16(22)9-11-17;1-3-4(2)5/h8-11,15,18-20,24H,1,3-7,12-13H2,2H3;5H,2-3H2,1H3/t18-,19+,20-;/m1./s1. The third kappa shape index (κ3) is 6.18. The average molecular weight is 418 g/mol. The van der Waals surface area contributed by atoms with Gasteiger partial charge in [-0.3, -0.25) is 4.79 Å². The van der Waals surface area contributed by atoms with Gasteiger partial charge in [0.2, 0.25) is 5.91 Å². The fraction of sp³-hybridized carbons (Fsp3) is 0.560.